The van der Waals surface area contributed by atoms with E-state index >= 15 is 0 Å². The first-order valence-electron chi connectivity index (χ1n) is 7.99. The predicted octanol–water partition coefficient (Wildman–Crippen LogP) is 4.41. The Morgan fingerprint density at radius 3 is 2.08 bits per heavy atom. The lowest BCUT2D eigenvalue weighted by atomic mass is 9.76. The third-order valence-corrected chi connectivity index (χ3v) is 7.54. The summed E-state index contributed by atoms with van der Waals surface area (Å²) in [4.78, 5) is 0.167. The molecule has 0 radical (unpaired) electrons. The topological polar surface area (TPSA) is 37.4 Å². The molecule has 0 N–H and O–H groups in total. The Bertz CT molecular complexity index is 773. The van der Waals surface area contributed by atoms with E-state index in [2.05, 4.69) is 0 Å². The van der Waals surface area contributed by atoms with E-state index in [0.717, 1.165) is 49.8 Å². The molecule has 1 aliphatic carbocycles. The first-order valence-corrected chi connectivity index (χ1v) is 9.43. The molecule has 3 rings (SSSR count). The van der Waals surface area contributed by atoms with Crippen molar-refractivity contribution >= 4 is 14.9 Å². The number of likely N-dealkylation sites (N-methyl/N-ethyl adjacent to an activating group) is 1. The van der Waals surface area contributed by atoms with E-state index in [1.807, 2.05) is 0 Å². The van der Waals surface area contributed by atoms with Crippen LogP contribution in [0, 0.1) is 0 Å². The molecule has 1 spiro atoms. The minimum Gasteiger partial charge on any atom is -0.207 e. The minimum absolute atomic E-state index is 0.167. The van der Waals surface area contributed by atoms with Gasteiger partial charge in [-0.3, -0.25) is 0 Å². The van der Waals surface area contributed by atoms with Gasteiger partial charge in [-0.2, -0.15) is 17.5 Å². The van der Waals surface area contributed by atoms with E-state index in [1.165, 1.54) is 16.4 Å². The number of rotatable bonds is 1. The maximum absolute atomic E-state index is 12.9. The van der Waals surface area contributed by atoms with E-state index < -0.39 is 27.3 Å². The van der Waals surface area contributed by atoms with Crippen molar-refractivity contribution in [3.8, 4) is 0 Å². The summed E-state index contributed by atoms with van der Waals surface area (Å²) in [7, 11) is -2.11. The second kappa shape index (κ2) is 5.59. The molecule has 0 atom stereocenters. The quantitative estimate of drug-likeness (QED) is 0.745. The molecule has 0 amide bonds. The van der Waals surface area contributed by atoms with E-state index in [9.17, 15) is 21.6 Å². The highest BCUT2D eigenvalue weighted by Crippen LogP contribution is 2.50. The summed E-state index contributed by atoms with van der Waals surface area (Å²) in [5.41, 5.74) is -0.213. The molecule has 0 bridgehead atoms. The molecule has 1 aromatic carbocycles. The zero-order valence-corrected chi connectivity index (χ0v) is 14.5. The molecule has 0 unspecified atom stereocenters. The lowest BCUT2D eigenvalue weighted by molar-refractivity contribution is -0.137. The average Bonchev–Trinajstić information content (AvgIpc) is 2.66. The smallest absolute Gasteiger partial charge is 0.207 e. The summed E-state index contributed by atoms with van der Waals surface area (Å²) in [6, 6.07) is 4.40. The zero-order valence-electron chi connectivity index (χ0n) is 13.7. The number of hydrogen-bond donors (Lipinski definition) is 0. The molecule has 3 nitrogen and oxygen atoms in total. The van der Waals surface area contributed by atoms with Crippen LogP contribution in [-0.2, 0) is 16.2 Å². The summed E-state index contributed by atoms with van der Waals surface area (Å²) in [5.74, 6) is 0. The van der Waals surface area contributed by atoms with Gasteiger partial charge in [-0.05, 0) is 43.0 Å². The van der Waals surface area contributed by atoms with Gasteiger partial charge in [0.25, 0.3) is 0 Å². The van der Waals surface area contributed by atoms with Gasteiger partial charge in [0.2, 0.25) is 10.0 Å². The molecule has 2 aliphatic rings. The minimum atomic E-state index is -4.43. The van der Waals surface area contributed by atoms with Crippen LogP contribution in [0.5, 0.6) is 0 Å². The monoisotopic (exact) mass is 359 g/mol. The van der Waals surface area contributed by atoms with Crippen molar-refractivity contribution < 1.29 is 21.6 Å². The van der Waals surface area contributed by atoms with Gasteiger partial charge < -0.3 is 0 Å². The normalized spacial score (nSPS) is 23.9. The van der Waals surface area contributed by atoms with Crippen LogP contribution < -0.4 is 0 Å². The number of nitrogens with zero attached hydrogens (tertiary/aromatic N) is 1. The van der Waals surface area contributed by atoms with Gasteiger partial charge in [0.05, 0.1) is 16.0 Å². The number of sulfonamides is 1. The lowest BCUT2D eigenvalue weighted by Gasteiger charge is -2.39. The van der Waals surface area contributed by atoms with Crippen LogP contribution in [0.25, 0.3) is 4.91 Å². The summed E-state index contributed by atoms with van der Waals surface area (Å²) in [6.45, 7) is 1.80. The van der Waals surface area contributed by atoms with E-state index in [4.69, 9.17) is 0 Å². The van der Waals surface area contributed by atoms with Crippen LogP contribution in [0.3, 0.4) is 0 Å². The van der Waals surface area contributed by atoms with Crippen LogP contribution in [0.15, 0.2) is 29.8 Å². The van der Waals surface area contributed by atoms with E-state index in [0.29, 0.717) is 5.56 Å². The van der Waals surface area contributed by atoms with Crippen molar-refractivity contribution in [2.24, 2.45) is 0 Å². The third kappa shape index (κ3) is 2.49. The number of hydrogen-bond acceptors (Lipinski definition) is 2. The van der Waals surface area contributed by atoms with Gasteiger partial charge in [0, 0.05) is 7.05 Å². The number of benzene rings is 1. The Balaban J connectivity index is 2.11. The Hall–Kier alpha value is -1.34. The fourth-order valence-corrected chi connectivity index (χ4v) is 6.07. The van der Waals surface area contributed by atoms with Crippen molar-refractivity contribution in [2.75, 3.05) is 7.05 Å². The second-order valence-corrected chi connectivity index (χ2v) is 8.50. The molecule has 0 saturated heterocycles. The fourth-order valence-electron chi connectivity index (χ4n) is 4.01. The van der Waals surface area contributed by atoms with Gasteiger partial charge in [-0.15, -0.1) is 0 Å². The van der Waals surface area contributed by atoms with Crippen molar-refractivity contribution in [3.05, 3.63) is 41.0 Å². The summed E-state index contributed by atoms with van der Waals surface area (Å²) in [5, 5.41) is 0. The Morgan fingerprint density at radius 1 is 1.04 bits per heavy atom. The SMILES string of the molecule is CC1=C(c2ccc(C(F)(F)F)cc2)S(=O)(=O)N(C)C12CCCCC2. The molecule has 1 heterocycles. The molecule has 0 aromatic heterocycles. The summed E-state index contributed by atoms with van der Waals surface area (Å²) in [6.07, 6.45) is 0.0861. The Kier molecular flexibility index (Phi) is 4.07. The molecule has 1 saturated carbocycles. The molecular formula is C17H20F3NO2S. The molecule has 7 heteroatoms. The number of alkyl halides is 3. The van der Waals surface area contributed by atoms with Crippen molar-refractivity contribution in [1.29, 1.82) is 0 Å². The highest BCUT2D eigenvalue weighted by Gasteiger charge is 2.52. The van der Waals surface area contributed by atoms with Gasteiger partial charge in [0.1, 0.15) is 0 Å². The van der Waals surface area contributed by atoms with Gasteiger partial charge in [0.15, 0.2) is 0 Å². The first-order chi connectivity index (χ1) is 11.1. The van der Waals surface area contributed by atoms with Crippen molar-refractivity contribution in [3.63, 3.8) is 0 Å². The maximum atomic E-state index is 12.9. The Morgan fingerprint density at radius 2 is 1.58 bits per heavy atom. The van der Waals surface area contributed by atoms with Gasteiger partial charge >= 0.3 is 6.18 Å². The van der Waals surface area contributed by atoms with Crippen molar-refractivity contribution in [1.82, 2.24) is 4.31 Å². The molecule has 24 heavy (non-hydrogen) atoms. The molecule has 1 fully saturated rings. The van der Waals surface area contributed by atoms with Gasteiger partial charge in [-0.25, -0.2) is 8.42 Å². The summed E-state index contributed by atoms with van der Waals surface area (Å²) < 4.78 is 65.4. The molecular weight excluding hydrogens is 339 g/mol. The lowest BCUT2D eigenvalue weighted by Crippen LogP contribution is -2.46. The number of halogens is 3. The van der Waals surface area contributed by atoms with E-state index in [1.54, 1.807) is 14.0 Å². The van der Waals surface area contributed by atoms with Crippen LogP contribution >= 0.6 is 0 Å². The van der Waals surface area contributed by atoms with Crippen LogP contribution in [0.4, 0.5) is 13.2 Å². The molecule has 1 aliphatic heterocycles. The maximum Gasteiger partial charge on any atom is 0.416 e. The van der Waals surface area contributed by atoms with Crippen LogP contribution in [-0.4, -0.2) is 25.3 Å². The average molecular weight is 359 g/mol. The summed E-state index contributed by atoms with van der Waals surface area (Å²) >= 11 is 0. The largest absolute Gasteiger partial charge is 0.416 e. The third-order valence-electron chi connectivity index (χ3n) is 5.42. The molecule has 1 aromatic rings. The standard InChI is InChI=1S/C17H20F3NO2S/c1-12-15(13-6-8-14(9-7-13)17(18,19)20)24(22,23)21(2)16(12)10-4-3-5-11-16/h6-9H,3-5,10-11H2,1-2H3. The fraction of sp³-hybridized carbons (Fsp3) is 0.529. The van der Waals surface area contributed by atoms with Crippen LogP contribution in [0.1, 0.15) is 50.2 Å². The van der Waals surface area contributed by atoms with Gasteiger partial charge in [-0.1, -0.05) is 31.4 Å². The predicted molar refractivity (Wildman–Crippen MR) is 86.5 cm³/mol. The second-order valence-electron chi connectivity index (χ2n) is 6.59. The molecule has 132 valence electrons. The zero-order chi connectivity index (χ0) is 17.8. The first kappa shape index (κ1) is 17.5. The van der Waals surface area contributed by atoms with Crippen molar-refractivity contribution in [2.45, 2.75) is 50.7 Å². The van der Waals surface area contributed by atoms with E-state index in [-0.39, 0.29) is 4.91 Å². The Labute approximate surface area is 140 Å². The van der Waals surface area contributed by atoms with Crippen LogP contribution in [0.2, 0.25) is 0 Å². The highest BCUT2D eigenvalue weighted by molar-refractivity contribution is 7.98. The highest BCUT2D eigenvalue weighted by atomic mass is 32.2.